The number of carbonyl (C=O) groups excluding carboxylic acids is 3. The van der Waals surface area contributed by atoms with Crippen LogP contribution in [0.15, 0.2) is 54.9 Å². The number of anilines is 1. The maximum Gasteiger partial charge on any atom is 0.269 e. The second-order valence-electron chi connectivity index (χ2n) is 9.96. The van der Waals surface area contributed by atoms with Crippen LogP contribution in [0.5, 0.6) is 0 Å². The summed E-state index contributed by atoms with van der Waals surface area (Å²) in [4.78, 5) is 53.5. The van der Waals surface area contributed by atoms with Crippen LogP contribution >= 0.6 is 22.6 Å². The van der Waals surface area contributed by atoms with Gasteiger partial charge in [-0.05, 0) is 68.0 Å². The van der Waals surface area contributed by atoms with Gasteiger partial charge in [0, 0.05) is 35.0 Å². The van der Waals surface area contributed by atoms with Crippen molar-refractivity contribution in [2.75, 3.05) is 5.32 Å². The Hall–Kier alpha value is -4.38. The second kappa shape index (κ2) is 11.2. The van der Waals surface area contributed by atoms with E-state index in [2.05, 4.69) is 59.8 Å². The van der Waals surface area contributed by atoms with Crippen molar-refractivity contribution in [1.82, 2.24) is 29.6 Å². The molecule has 0 spiro atoms. The molecule has 2 atom stereocenters. The predicted molar refractivity (Wildman–Crippen MR) is 159 cm³/mol. The highest BCUT2D eigenvalue weighted by Gasteiger charge is 2.40. The molecule has 4 aromatic rings. The summed E-state index contributed by atoms with van der Waals surface area (Å²) in [5, 5.41) is 7.75. The highest BCUT2D eigenvalue weighted by atomic mass is 127. The summed E-state index contributed by atoms with van der Waals surface area (Å²) in [5.74, 6) is 5.91. The van der Waals surface area contributed by atoms with Gasteiger partial charge >= 0.3 is 0 Å². The first-order chi connectivity index (χ1) is 19.9. The standard InChI is InChI=1S/C29H25IN8O3/c30-23-11-10-22(29(41)35-25-4-1-3-20(34-25)18-7-8-18)38(23)26(39)16-37-21-9-5-17(6-12-24-32-13-2-14-33-24)15-19(21)27(36-37)28(31)40/h1-5,9,13-15,18,22-23H,7-8,10-11,16H2,(H2,31,40)(H,34,35,41)/t22-,23-/m0/s1. The van der Waals surface area contributed by atoms with E-state index in [0.717, 1.165) is 18.5 Å². The molecular formula is C29H25IN8O3. The van der Waals surface area contributed by atoms with Crippen LogP contribution in [-0.2, 0) is 16.1 Å². The average molecular weight is 660 g/mol. The minimum atomic E-state index is -0.719. The molecule has 1 aliphatic heterocycles. The van der Waals surface area contributed by atoms with Crippen molar-refractivity contribution in [2.45, 2.75) is 48.2 Å². The first-order valence-electron chi connectivity index (χ1n) is 13.2. The van der Waals surface area contributed by atoms with Gasteiger partial charge in [-0.15, -0.1) is 0 Å². The van der Waals surface area contributed by atoms with E-state index in [0.29, 0.717) is 46.9 Å². The van der Waals surface area contributed by atoms with Gasteiger partial charge in [0.1, 0.15) is 18.4 Å². The van der Waals surface area contributed by atoms with Crippen molar-refractivity contribution in [2.24, 2.45) is 5.73 Å². The third-order valence-electron chi connectivity index (χ3n) is 7.08. The van der Waals surface area contributed by atoms with E-state index < -0.39 is 11.9 Å². The number of rotatable bonds is 6. The lowest BCUT2D eigenvalue weighted by molar-refractivity contribution is -0.137. The summed E-state index contributed by atoms with van der Waals surface area (Å²) in [6, 6.07) is 11.9. The first kappa shape index (κ1) is 26.8. The molecule has 1 saturated heterocycles. The highest BCUT2D eigenvalue weighted by Crippen LogP contribution is 2.39. The number of likely N-dealkylation sites (tertiary alicyclic amines) is 1. The smallest absolute Gasteiger partial charge is 0.269 e. The normalized spacial score (nSPS) is 18.1. The number of amides is 3. The fraction of sp³-hybridized carbons (Fsp3) is 0.276. The van der Waals surface area contributed by atoms with Gasteiger partial charge in [-0.1, -0.05) is 34.6 Å². The fourth-order valence-corrected chi connectivity index (χ4v) is 6.01. The van der Waals surface area contributed by atoms with Crippen molar-refractivity contribution in [3.63, 3.8) is 0 Å². The molecule has 0 bridgehead atoms. The van der Waals surface area contributed by atoms with Crippen molar-refractivity contribution >= 4 is 57.0 Å². The number of nitrogens with zero attached hydrogens (tertiary/aromatic N) is 6. The Kier molecular flexibility index (Phi) is 7.36. The van der Waals surface area contributed by atoms with Crippen LogP contribution in [-0.4, -0.2) is 57.4 Å². The van der Waals surface area contributed by atoms with Crippen LogP contribution in [0, 0.1) is 11.8 Å². The molecule has 3 aromatic heterocycles. The molecule has 3 N–H and O–H groups in total. The van der Waals surface area contributed by atoms with E-state index in [-0.39, 0.29) is 28.1 Å². The van der Waals surface area contributed by atoms with Crippen molar-refractivity contribution in [3.8, 4) is 11.8 Å². The molecule has 3 amide bonds. The molecule has 11 nitrogen and oxygen atoms in total. The molecule has 1 aliphatic carbocycles. The van der Waals surface area contributed by atoms with Crippen LogP contribution in [0.4, 0.5) is 5.82 Å². The van der Waals surface area contributed by atoms with Gasteiger partial charge < -0.3 is 16.0 Å². The number of fused-ring (bicyclic) bond motifs is 1. The number of hydrogen-bond acceptors (Lipinski definition) is 7. The summed E-state index contributed by atoms with van der Waals surface area (Å²) in [6.07, 6.45) is 6.65. The molecule has 2 aliphatic rings. The summed E-state index contributed by atoms with van der Waals surface area (Å²) in [7, 11) is 0. The maximum atomic E-state index is 13.6. The third-order valence-corrected chi connectivity index (χ3v) is 8.30. The number of hydrogen-bond donors (Lipinski definition) is 2. The zero-order chi connectivity index (χ0) is 28.5. The van der Waals surface area contributed by atoms with E-state index in [4.69, 9.17) is 5.73 Å². The van der Waals surface area contributed by atoms with E-state index in [1.54, 1.807) is 47.6 Å². The molecule has 2 fully saturated rings. The van der Waals surface area contributed by atoms with Gasteiger partial charge in [-0.2, -0.15) is 5.10 Å². The number of aromatic nitrogens is 5. The molecule has 41 heavy (non-hydrogen) atoms. The molecule has 1 saturated carbocycles. The molecule has 4 heterocycles. The summed E-state index contributed by atoms with van der Waals surface area (Å²) >= 11 is 2.19. The molecule has 0 unspecified atom stereocenters. The number of carbonyl (C=O) groups is 3. The summed E-state index contributed by atoms with van der Waals surface area (Å²) < 4.78 is 1.29. The number of nitrogens with one attached hydrogen (secondary N) is 1. The number of nitrogens with two attached hydrogens (primary N) is 1. The maximum absolute atomic E-state index is 13.6. The lowest BCUT2D eigenvalue weighted by Gasteiger charge is -2.27. The number of halogens is 1. The Morgan fingerprint density at radius 1 is 1.02 bits per heavy atom. The molecule has 206 valence electrons. The first-order valence-corrected chi connectivity index (χ1v) is 14.4. The Balaban J connectivity index is 1.22. The highest BCUT2D eigenvalue weighted by molar-refractivity contribution is 14.1. The topological polar surface area (TPSA) is 149 Å². The van der Waals surface area contributed by atoms with Crippen molar-refractivity contribution < 1.29 is 14.4 Å². The van der Waals surface area contributed by atoms with E-state index in [1.165, 1.54) is 4.68 Å². The van der Waals surface area contributed by atoms with Crippen molar-refractivity contribution in [1.29, 1.82) is 0 Å². The van der Waals surface area contributed by atoms with E-state index in [9.17, 15) is 14.4 Å². The molecule has 6 rings (SSSR count). The fourth-order valence-electron chi connectivity index (χ4n) is 4.95. The number of alkyl halides is 1. The van der Waals surface area contributed by atoms with E-state index >= 15 is 0 Å². The van der Waals surface area contributed by atoms with Gasteiger partial charge in [0.2, 0.25) is 17.6 Å². The largest absolute Gasteiger partial charge is 0.364 e. The zero-order valence-electron chi connectivity index (χ0n) is 21.8. The molecule has 1 aromatic carbocycles. The quantitative estimate of drug-likeness (QED) is 0.140. The van der Waals surface area contributed by atoms with Crippen LogP contribution in [0.25, 0.3) is 10.9 Å². The monoisotopic (exact) mass is 660 g/mol. The second-order valence-corrected chi connectivity index (χ2v) is 11.4. The number of pyridine rings is 1. The summed E-state index contributed by atoms with van der Waals surface area (Å²) in [6.45, 7) is -0.161. The molecular weight excluding hydrogens is 635 g/mol. The SMILES string of the molecule is NC(=O)c1nn(CC(=O)N2[C@H](I)CC[C@H]2C(=O)Nc2cccc(C3CC3)n2)c2ccc(C#Cc3ncccn3)cc12. The Labute approximate surface area is 249 Å². The Morgan fingerprint density at radius 3 is 2.59 bits per heavy atom. The van der Waals surface area contributed by atoms with Crippen molar-refractivity contribution in [3.05, 3.63) is 77.6 Å². The lowest BCUT2D eigenvalue weighted by Crippen LogP contribution is -2.46. The average Bonchev–Trinajstić information content (AvgIpc) is 3.66. The minimum Gasteiger partial charge on any atom is -0.364 e. The van der Waals surface area contributed by atoms with Gasteiger partial charge in [-0.25, -0.2) is 15.0 Å². The van der Waals surface area contributed by atoms with Gasteiger partial charge in [0.25, 0.3) is 5.91 Å². The minimum absolute atomic E-state index is 0.0377. The zero-order valence-corrected chi connectivity index (χ0v) is 24.0. The number of primary amides is 1. The van der Waals surface area contributed by atoms with Crippen LogP contribution in [0.1, 0.15) is 59.2 Å². The van der Waals surface area contributed by atoms with Gasteiger partial charge in [0.15, 0.2) is 5.69 Å². The van der Waals surface area contributed by atoms with Gasteiger partial charge in [0.05, 0.1) is 9.57 Å². The molecule has 0 radical (unpaired) electrons. The van der Waals surface area contributed by atoms with Crippen LogP contribution < -0.4 is 11.1 Å². The Morgan fingerprint density at radius 2 is 1.83 bits per heavy atom. The summed E-state index contributed by atoms with van der Waals surface area (Å²) in [5.41, 5.74) is 7.81. The third kappa shape index (κ3) is 5.76. The predicted octanol–water partition coefficient (Wildman–Crippen LogP) is 2.99. The lowest BCUT2D eigenvalue weighted by atomic mass is 10.1. The van der Waals surface area contributed by atoms with Gasteiger partial charge in [-0.3, -0.25) is 19.1 Å². The number of benzene rings is 1. The molecule has 12 heteroatoms. The van der Waals surface area contributed by atoms with E-state index in [1.807, 2.05) is 12.1 Å². The van der Waals surface area contributed by atoms with Crippen LogP contribution in [0.2, 0.25) is 0 Å². The van der Waals surface area contributed by atoms with Crippen LogP contribution in [0.3, 0.4) is 0 Å². The Bertz CT molecular complexity index is 1720.